The molecule has 2 aromatic carbocycles. The Morgan fingerprint density at radius 3 is 2.56 bits per heavy atom. The van der Waals surface area contributed by atoms with E-state index in [1.807, 2.05) is 4.90 Å². The third-order valence-corrected chi connectivity index (χ3v) is 7.06. The number of carbonyl (C=O) groups is 1. The van der Waals surface area contributed by atoms with Gasteiger partial charge in [0.25, 0.3) is 5.91 Å². The number of hydrogen-bond acceptors (Lipinski definition) is 4. The fourth-order valence-corrected chi connectivity index (χ4v) is 5.23. The number of piperidine rings is 1. The van der Waals surface area contributed by atoms with Crippen LogP contribution >= 0.6 is 0 Å². The molecule has 0 unspecified atom stereocenters. The van der Waals surface area contributed by atoms with E-state index in [0.29, 0.717) is 30.4 Å². The Kier molecular flexibility index (Phi) is 7.16. The van der Waals surface area contributed by atoms with Crippen molar-refractivity contribution in [3.63, 3.8) is 0 Å². The second-order valence-electron chi connectivity index (χ2n) is 9.14. The molecule has 4 rings (SSSR count). The van der Waals surface area contributed by atoms with Gasteiger partial charge in [-0.15, -0.1) is 0 Å². The van der Waals surface area contributed by atoms with Gasteiger partial charge >= 0.3 is 0 Å². The van der Waals surface area contributed by atoms with E-state index < -0.39 is 10.0 Å². The average Bonchev–Trinajstić information content (AvgIpc) is 3.22. The molecule has 0 atom stereocenters. The second-order valence-corrected chi connectivity index (χ2v) is 10.9. The van der Waals surface area contributed by atoms with Crippen molar-refractivity contribution in [1.29, 1.82) is 0 Å². The van der Waals surface area contributed by atoms with E-state index in [4.69, 9.17) is 0 Å². The molecule has 2 heterocycles. The highest BCUT2D eigenvalue weighted by molar-refractivity contribution is 7.92. The van der Waals surface area contributed by atoms with Crippen LogP contribution in [0.3, 0.4) is 0 Å². The summed E-state index contributed by atoms with van der Waals surface area (Å²) in [6, 6.07) is 12.2. The van der Waals surface area contributed by atoms with Crippen LogP contribution in [0, 0.1) is 0 Å². The third kappa shape index (κ3) is 5.55. The lowest BCUT2D eigenvalue weighted by atomic mass is 9.99. The van der Waals surface area contributed by atoms with E-state index in [-0.39, 0.29) is 5.91 Å². The van der Waals surface area contributed by atoms with Crippen LogP contribution in [-0.4, -0.2) is 49.6 Å². The molecule has 34 heavy (non-hydrogen) atoms. The van der Waals surface area contributed by atoms with Gasteiger partial charge < -0.3 is 15.2 Å². The average molecular weight is 483 g/mol. The van der Waals surface area contributed by atoms with Crippen molar-refractivity contribution in [2.24, 2.45) is 0 Å². The smallest absolute Gasteiger partial charge is 0.256 e. The monoisotopic (exact) mass is 482 g/mol. The number of benzene rings is 2. The Morgan fingerprint density at radius 2 is 1.88 bits per heavy atom. The largest absolute Gasteiger partial charge is 0.382 e. The second kappa shape index (κ2) is 10.1. The number of aryl methyl sites for hydroxylation is 2. The number of likely N-dealkylation sites (tertiary alicyclic amines) is 1. The number of H-pyrrole nitrogens is 1. The van der Waals surface area contributed by atoms with Crippen LogP contribution in [0.4, 0.5) is 11.4 Å². The number of amides is 1. The number of rotatable bonds is 8. The topological polar surface area (TPSA) is 94.3 Å². The van der Waals surface area contributed by atoms with Gasteiger partial charge in [-0.05, 0) is 61.1 Å². The zero-order chi connectivity index (χ0) is 24.3. The minimum absolute atomic E-state index is 0.0276. The van der Waals surface area contributed by atoms with Crippen LogP contribution in [0.25, 0.3) is 10.9 Å². The van der Waals surface area contributed by atoms with Gasteiger partial charge in [-0.2, -0.15) is 0 Å². The lowest BCUT2D eigenvalue weighted by molar-refractivity contribution is 0.0720. The number of hydrogen-bond donors (Lipinski definition) is 3. The molecule has 1 saturated heterocycles. The number of aromatic amines is 1. The predicted octanol–water partition coefficient (Wildman–Crippen LogP) is 4.77. The number of fused-ring (bicyclic) bond motifs is 1. The summed E-state index contributed by atoms with van der Waals surface area (Å²) in [4.78, 5) is 18.3. The summed E-state index contributed by atoms with van der Waals surface area (Å²) in [5, 5.41) is 4.45. The summed E-state index contributed by atoms with van der Waals surface area (Å²) < 4.78 is 25.7. The molecule has 8 heteroatoms. The Hall–Kier alpha value is -3.00. The van der Waals surface area contributed by atoms with E-state index in [9.17, 15) is 13.2 Å². The van der Waals surface area contributed by atoms with E-state index in [1.54, 1.807) is 24.4 Å². The third-order valence-electron chi connectivity index (χ3n) is 6.45. The summed E-state index contributed by atoms with van der Waals surface area (Å²) in [5.41, 5.74) is 5.77. The Bertz CT molecular complexity index is 1270. The highest BCUT2D eigenvalue weighted by Gasteiger charge is 2.26. The highest BCUT2D eigenvalue weighted by atomic mass is 32.2. The first-order valence-corrected chi connectivity index (χ1v) is 13.9. The summed E-state index contributed by atoms with van der Waals surface area (Å²) in [7, 11) is -3.39. The maximum Gasteiger partial charge on any atom is 0.256 e. The fourth-order valence-electron chi connectivity index (χ4n) is 4.68. The summed E-state index contributed by atoms with van der Waals surface area (Å²) >= 11 is 0. The van der Waals surface area contributed by atoms with Gasteiger partial charge in [0.1, 0.15) is 0 Å². The molecule has 1 fully saturated rings. The lowest BCUT2D eigenvalue weighted by Crippen LogP contribution is -2.42. The maximum absolute atomic E-state index is 13.3. The fraction of sp³-hybridized carbons (Fsp3) is 0.423. The van der Waals surface area contributed by atoms with Crippen molar-refractivity contribution in [3.05, 3.63) is 59.3 Å². The number of sulfonamides is 1. The molecule has 1 aliphatic heterocycles. The molecule has 0 bridgehead atoms. The van der Waals surface area contributed by atoms with Gasteiger partial charge in [-0.1, -0.05) is 32.4 Å². The van der Waals surface area contributed by atoms with Crippen LogP contribution in [-0.2, 0) is 22.9 Å². The number of carbonyl (C=O) groups excluding carboxylic acids is 1. The lowest BCUT2D eigenvalue weighted by Gasteiger charge is -2.33. The van der Waals surface area contributed by atoms with E-state index in [2.05, 4.69) is 47.1 Å². The Morgan fingerprint density at radius 1 is 1.12 bits per heavy atom. The van der Waals surface area contributed by atoms with Crippen LogP contribution in [0.1, 0.15) is 54.6 Å². The molecular formula is C26H34N4O3S. The normalized spacial score (nSPS) is 15.0. The maximum atomic E-state index is 13.3. The first kappa shape index (κ1) is 24.1. The zero-order valence-electron chi connectivity index (χ0n) is 20.1. The van der Waals surface area contributed by atoms with Crippen molar-refractivity contribution in [2.45, 2.75) is 52.0 Å². The number of nitrogens with one attached hydrogen (secondary N) is 3. The number of aromatic nitrogens is 1. The standard InChI is InChI=1S/C26H34N4O3S/c1-4-6-19-15-18(5-2)7-9-24(19)28-20-11-13-30(14-12-20)26(31)23-17-27-25-10-8-21(16-22(23)25)29-34(3,32)33/h7-10,15-17,20,27-29H,4-6,11-14H2,1-3H3. The van der Waals surface area contributed by atoms with E-state index in [1.165, 1.54) is 16.8 Å². The quantitative estimate of drug-likeness (QED) is 0.431. The molecule has 182 valence electrons. The molecule has 3 N–H and O–H groups in total. The molecule has 0 saturated carbocycles. The van der Waals surface area contributed by atoms with Crippen LogP contribution in [0.15, 0.2) is 42.6 Å². The molecule has 7 nitrogen and oxygen atoms in total. The highest BCUT2D eigenvalue weighted by Crippen LogP contribution is 2.27. The molecular weight excluding hydrogens is 448 g/mol. The van der Waals surface area contributed by atoms with Gasteiger partial charge in [-0.3, -0.25) is 9.52 Å². The number of anilines is 2. The molecule has 1 aliphatic rings. The van der Waals surface area contributed by atoms with Crippen molar-refractivity contribution >= 4 is 38.2 Å². The molecule has 0 aliphatic carbocycles. The van der Waals surface area contributed by atoms with E-state index in [0.717, 1.165) is 49.3 Å². The van der Waals surface area contributed by atoms with Gasteiger partial charge in [-0.25, -0.2) is 8.42 Å². The predicted molar refractivity (Wildman–Crippen MR) is 139 cm³/mol. The molecule has 0 radical (unpaired) electrons. The van der Waals surface area contributed by atoms with Crippen LogP contribution in [0.5, 0.6) is 0 Å². The van der Waals surface area contributed by atoms with Gasteiger partial charge in [0.05, 0.1) is 11.8 Å². The van der Waals surface area contributed by atoms with E-state index >= 15 is 0 Å². The summed E-state index contributed by atoms with van der Waals surface area (Å²) in [5.74, 6) is -0.0276. The SMILES string of the molecule is CCCc1cc(CC)ccc1NC1CCN(C(=O)c2c[nH]c3ccc(NS(C)(=O)=O)cc23)CC1. The Balaban J connectivity index is 1.43. The van der Waals surface area contributed by atoms with Crippen molar-refractivity contribution in [3.8, 4) is 0 Å². The zero-order valence-corrected chi connectivity index (χ0v) is 21.0. The minimum atomic E-state index is -3.39. The molecule has 1 aromatic heterocycles. The first-order valence-electron chi connectivity index (χ1n) is 12.0. The number of nitrogens with zero attached hydrogens (tertiary/aromatic N) is 1. The van der Waals surface area contributed by atoms with Gasteiger partial charge in [0.2, 0.25) is 10.0 Å². The summed E-state index contributed by atoms with van der Waals surface area (Å²) in [6.45, 7) is 5.75. The molecule has 1 amide bonds. The van der Waals surface area contributed by atoms with Crippen molar-refractivity contribution in [2.75, 3.05) is 29.4 Å². The van der Waals surface area contributed by atoms with Crippen LogP contribution < -0.4 is 10.0 Å². The minimum Gasteiger partial charge on any atom is -0.382 e. The van der Waals surface area contributed by atoms with Crippen LogP contribution in [0.2, 0.25) is 0 Å². The summed E-state index contributed by atoms with van der Waals surface area (Å²) in [6.07, 6.45) is 7.81. The first-order chi connectivity index (χ1) is 16.3. The molecule has 0 spiro atoms. The molecule has 3 aromatic rings. The van der Waals surface area contributed by atoms with Gasteiger partial charge in [0.15, 0.2) is 0 Å². The van der Waals surface area contributed by atoms with Crippen molar-refractivity contribution < 1.29 is 13.2 Å². The Labute approximate surface area is 202 Å². The van der Waals surface area contributed by atoms with Crippen molar-refractivity contribution in [1.82, 2.24) is 9.88 Å². The van der Waals surface area contributed by atoms with Gasteiger partial charge in [0, 0.05) is 47.6 Å².